The minimum atomic E-state index is -0.112. The van der Waals surface area contributed by atoms with Gasteiger partial charge in [0.25, 0.3) is 5.91 Å². The number of carbonyl (C=O) groups excluding carboxylic acids is 1. The van der Waals surface area contributed by atoms with Crippen molar-refractivity contribution in [2.75, 3.05) is 6.54 Å². The van der Waals surface area contributed by atoms with Gasteiger partial charge >= 0.3 is 0 Å². The third-order valence-electron chi connectivity index (χ3n) is 3.38. The van der Waals surface area contributed by atoms with E-state index in [0.29, 0.717) is 29.9 Å². The molecule has 2 heterocycles. The molecule has 3 aromatic rings. The Labute approximate surface area is 123 Å². The normalized spacial score (nSPS) is 10.7. The van der Waals surface area contributed by atoms with Crippen molar-refractivity contribution in [1.29, 1.82) is 0 Å². The van der Waals surface area contributed by atoms with Crippen LogP contribution in [-0.4, -0.2) is 22.3 Å². The highest BCUT2D eigenvalue weighted by Gasteiger charge is 2.19. The number of pyridine rings is 1. The summed E-state index contributed by atoms with van der Waals surface area (Å²) in [5.74, 6) is 0.223. The lowest BCUT2D eigenvalue weighted by atomic mass is 10.2. The van der Waals surface area contributed by atoms with Crippen LogP contribution in [-0.2, 0) is 6.54 Å². The average Bonchev–Trinajstić information content (AvgIpc) is 2.97. The molecule has 1 aromatic carbocycles. The Balaban J connectivity index is 1.84. The molecular formula is C17H16N2O2. The van der Waals surface area contributed by atoms with Gasteiger partial charge in [0.2, 0.25) is 0 Å². The van der Waals surface area contributed by atoms with Crippen LogP contribution in [0.5, 0.6) is 0 Å². The van der Waals surface area contributed by atoms with Crippen LogP contribution in [0, 0.1) is 0 Å². The molecule has 4 heteroatoms. The van der Waals surface area contributed by atoms with E-state index in [-0.39, 0.29) is 5.91 Å². The summed E-state index contributed by atoms with van der Waals surface area (Å²) in [5.41, 5.74) is 2.44. The van der Waals surface area contributed by atoms with Crippen LogP contribution in [0.4, 0.5) is 0 Å². The van der Waals surface area contributed by atoms with Crippen molar-refractivity contribution in [3.8, 4) is 0 Å². The third kappa shape index (κ3) is 2.79. The van der Waals surface area contributed by atoms with E-state index in [0.717, 1.165) is 5.56 Å². The molecule has 0 aliphatic carbocycles. The Morgan fingerprint density at radius 3 is 2.71 bits per heavy atom. The molecule has 106 valence electrons. The van der Waals surface area contributed by atoms with Crippen molar-refractivity contribution in [1.82, 2.24) is 9.88 Å². The molecule has 1 amide bonds. The molecule has 0 saturated heterocycles. The summed E-state index contributed by atoms with van der Waals surface area (Å²) in [6.07, 6.45) is 1.69. The molecule has 0 N–H and O–H groups in total. The van der Waals surface area contributed by atoms with E-state index in [2.05, 4.69) is 4.98 Å². The highest BCUT2D eigenvalue weighted by atomic mass is 16.3. The zero-order valence-corrected chi connectivity index (χ0v) is 11.8. The van der Waals surface area contributed by atoms with E-state index >= 15 is 0 Å². The van der Waals surface area contributed by atoms with Gasteiger partial charge in [0.15, 0.2) is 11.3 Å². The maximum Gasteiger partial charge on any atom is 0.289 e. The van der Waals surface area contributed by atoms with E-state index in [1.165, 1.54) is 0 Å². The molecule has 0 radical (unpaired) electrons. The number of hydrogen-bond acceptors (Lipinski definition) is 3. The topological polar surface area (TPSA) is 46.3 Å². The maximum atomic E-state index is 12.6. The zero-order valence-electron chi connectivity index (χ0n) is 11.8. The van der Waals surface area contributed by atoms with Crippen LogP contribution in [0.2, 0.25) is 0 Å². The van der Waals surface area contributed by atoms with Crippen molar-refractivity contribution in [3.05, 3.63) is 66.1 Å². The van der Waals surface area contributed by atoms with Gasteiger partial charge in [-0.2, -0.15) is 0 Å². The molecule has 0 fully saturated rings. The number of furan rings is 1. The number of hydrogen-bond donors (Lipinski definition) is 0. The molecule has 4 nitrogen and oxygen atoms in total. The molecule has 0 saturated carbocycles. The highest BCUT2D eigenvalue weighted by molar-refractivity contribution is 5.95. The van der Waals surface area contributed by atoms with E-state index in [9.17, 15) is 4.79 Å². The first-order valence-electron chi connectivity index (χ1n) is 6.95. The van der Waals surface area contributed by atoms with Crippen molar-refractivity contribution in [3.63, 3.8) is 0 Å². The predicted molar refractivity (Wildman–Crippen MR) is 80.9 cm³/mol. The summed E-state index contributed by atoms with van der Waals surface area (Å²) in [5, 5.41) is 0. The van der Waals surface area contributed by atoms with Gasteiger partial charge in [0, 0.05) is 25.4 Å². The first-order valence-corrected chi connectivity index (χ1v) is 6.95. The fraction of sp³-hybridized carbons (Fsp3) is 0.176. The lowest BCUT2D eigenvalue weighted by Gasteiger charge is -2.19. The number of fused-ring (bicyclic) bond motifs is 1. The lowest BCUT2D eigenvalue weighted by Crippen LogP contribution is -2.29. The average molecular weight is 280 g/mol. The van der Waals surface area contributed by atoms with Gasteiger partial charge in [0.05, 0.1) is 0 Å². The van der Waals surface area contributed by atoms with Gasteiger partial charge < -0.3 is 9.32 Å². The van der Waals surface area contributed by atoms with E-state index in [1.54, 1.807) is 23.2 Å². The Kier molecular flexibility index (Phi) is 3.69. The van der Waals surface area contributed by atoms with Crippen LogP contribution in [0.3, 0.4) is 0 Å². The Bertz CT molecular complexity index is 717. The second-order valence-corrected chi connectivity index (χ2v) is 4.80. The van der Waals surface area contributed by atoms with Gasteiger partial charge in [-0.3, -0.25) is 9.78 Å². The number of nitrogens with zero attached hydrogens (tertiary/aromatic N) is 2. The van der Waals surface area contributed by atoms with Crippen LogP contribution >= 0.6 is 0 Å². The summed E-state index contributed by atoms with van der Waals surface area (Å²) in [6.45, 7) is 3.15. The monoisotopic (exact) mass is 280 g/mol. The standard InChI is InChI=1S/C17H16N2O2/c1-2-19(12-13-7-4-3-5-8-13)17(20)16-11-14-15(21-16)9-6-10-18-14/h3-11H,2,12H2,1H3. The summed E-state index contributed by atoms with van der Waals surface area (Å²) in [4.78, 5) is 18.5. The fourth-order valence-corrected chi connectivity index (χ4v) is 2.26. The molecule has 0 aliphatic heterocycles. The molecule has 0 aliphatic rings. The molecule has 0 unspecified atom stereocenters. The predicted octanol–water partition coefficient (Wildman–Crippen LogP) is 3.49. The summed E-state index contributed by atoms with van der Waals surface area (Å²) in [7, 11) is 0. The summed E-state index contributed by atoms with van der Waals surface area (Å²) >= 11 is 0. The first-order chi connectivity index (χ1) is 10.3. The minimum absolute atomic E-state index is 0.112. The van der Waals surface area contributed by atoms with Gasteiger partial charge in [-0.25, -0.2) is 0 Å². The van der Waals surface area contributed by atoms with Crippen molar-refractivity contribution in [2.24, 2.45) is 0 Å². The quantitative estimate of drug-likeness (QED) is 0.735. The molecule has 2 aromatic heterocycles. The van der Waals surface area contributed by atoms with Crippen LogP contribution in [0.1, 0.15) is 23.0 Å². The van der Waals surface area contributed by atoms with E-state index in [1.807, 2.05) is 43.3 Å². The Morgan fingerprint density at radius 2 is 2.00 bits per heavy atom. The van der Waals surface area contributed by atoms with Crippen molar-refractivity contribution in [2.45, 2.75) is 13.5 Å². The SMILES string of the molecule is CCN(Cc1ccccc1)C(=O)c1cc2ncccc2o1. The lowest BCUT2D eigenvalue weighted by molar-refractivity contribution is 0.0723. The third-order valence-corrected chi connectivity index (χ3v) is 3.38. The fourth-order valence-electron chi connectivity index (χ4n) is 2.26. The van der Waals surface area contributed by atoms with Gasteiger partial charge in [-0.15, -0.1) is 0 Å². The van der Waals surface area contributed by atoms with Crippen LogP contribution in [0.25, 0.3) is 11.1 Å². The second-order valence-electron chi connectivity index (χ2n) is 4.80. The number of carbonyl (C=O) groups is 1. The second kappa shape index (κ2) is 5.79. The minimum Gasteiger partial charge on any atom is -0.449 e. The zero-order chi connectivity index (χ0) is 14.7. The maximum absolute atomic E-state index is 12.6. The van der Waals surface area contributed by atoms with Crippen LogP contribution in [0.15, 0.2) is 59.1 Å². The number of amides is 1. The van der Waals surface area contributed by atoms with E-state index in [4.69, 9.17) is 4.42 Å². The van der Waals surface area contributed by atoms with Gasteiger partial charge in [-0.05, 0) is 24.6 Å². The van der Waals surface area contributed by atoms with Crippen molar-refractivity contribution >= 4 is 17.0 Å². The highest BCUT2D eigenvalue weighted by Crippen LogP contribution is 2.19. The molecule has 0 bridgehead atoms. The molecule has 0 atom stereocenters. The molecule has 3 rings (SSSR count). The molecule has 21 heavy (non-hydrogen) atoms. The van der Waals surface area contributed by atoms with E-state index < -0.39 is 0 Å². The Hall–Kier alpha value is -2.62. The molecular weight excluding hydrogens is 264 g/mol. The largest absolute Gasteiger partial charge is 0.449 e. The smallest absolute Gasteiger partial charge is 0.289 e. The Morgan fingerprint density at radius 1 is 1.19 bits per heavy atom. The number of aromatic nitrogens is 1. The first kappa shape index (κ1) is 13.4. The summed E-state index contributed by atoms with van der Waals surface area (Å²) < 4.78 is 5.60. The molecule has 0 spiro atoms. The van der Waals surface area contributed by atoms with Crippen molar-refractivity contribution < 1.29 is 9.21 Å². The van der Waals surface area contributed by atoms with Gasteiger partial charge in [0.1, 0.15) is 5.52 Å². The summed E-state index contributed by atoms with van der Waals surface area (Å²) in [6, 6.07) is 15.2. The van der Waals surface area contributed by atoms with Gasteiger partial charge in [-0.1, -0.05) is 30.3 Å². The number of benzene rings is 1. The number of rotatable bonds is 4. The van der Waals surface area contributed by atoms with Crippen LogP contribution < -0.4 is 0 Å².